The van der Waals surface area contributed by atoms with Crippen LogP contribution in [0.4, 0.5) is 0 Å². The lowest BCUT2D eigenvalue weighted by Gasteiger charge is -2.47. The van der Waals surface area contributed by atoms with Gasteiger partial charge in [-0.05, 0) is 65.6 Å². The first-order chi connectivity index (χ1) is 18.1. The Morgan fingerprint density at radius 3 is 1.82 bits per heavy atom. The standard InChI is InChI=1S/C30H31Cl2NO5S/c1-29(2)13-21-27(23(34)15-29)26(28-22(33(21)5)14-30(3,4)16-24(28)35)17-6-11-25(20(32)12-17)38-39(36,37)19-9-7-18(31)8-10-19/h6-12,26H,13-16H2,1-5H3. The zero-order valence-electron chi connectivity index (χ0n) is 22.6. The molecule has 0 fully saturated rings. The Labute approximate surface area is 239 Å². The maximum absolute atomic E-state index is 13.6. The second kappa shape index (κ2) is 9.50. The van der Waals surface area contributed by atoms with E-state index in [4.69, 9.17) is 27.4 Å². The van der Waals surface area contributed by atoms with Gasteiger partial charge in [-0.2, -0.15) is 8.42 Å². The number of hydrogen-bond acceptors (Lipinski definition) is 6. The van der Waals surface area contributed by atoms with Gasteiger partial charge in [-0.1, -0.05) is 57.0 Å². The molecule has 0 unspecified atom stereocenters. The number of ketones is 2. The van der Waals surface area contributed by atoms with Crippen molar-refractivity contribution in [2.45, 2.75) is 64.2 Å². The van der Waals surface area contributed by atoms with E-state index >= 15 is 0 Å². The molecule has 0 bridgehead atoms. The van der Waals surface area contributed by atoms with E-state index in [9.17, 15) is 18.0 Å². The van der Waals surface area contributed by atoms with E-state index < -0.39 is 16.0 Å². The molecule has 1 aliphatic heterocycles. The summed E-state index contributed by atoms with van der Waals surface area (Å²) in [6.45, 7) is 8.34. The second-order valence-electron chi connectivity index (χ2n) is 12.3. The number of hydrogen-bond donors (Lipinski definition) is 0. The summed E-state index contributed by atoms with van der Waals surface area (Å²) in [7, 11) is -2.20. The van der Waals surface area contributed by atoms with Crippen molar-refractivity contribution in [3.05, 3.63) is 80.6 Å². The van der Waals surface area contributed by atoms with Crippen LogP contribution in [0.1, 0.15) is 64.9 Å². The number of rotatable bonds is 4. The third-order valence-corrected chi connectivity index (χ3v) is 9.57. The predicted octanol–water partition coefficient (Wildman–Crippen LogP) is 7.08. The van der Waals surface area contributed by atoms with Gasteiger partial charge in [0.2, 0.25) is 0 Å². The molecule has 0 amide bonds. The highest BCUT2D eigenvalue weighted by molar-refractivity contribution is 7.87. The van der Waals surface area contributed by atoms with E-state index in [1.807, 2.05) is 7.05 Å². The molecule has 0 N–H and O–H groups in total. The van der Waals surface area contributed by atoms with Gasteiger partial charge in [-0.3, -0.25) is 9.59 Å². The van der Waals surface area contributed by atoms with Crippen molar-refractivity contribution in [2.24, 2.45) is 10.8 Å². The molecule has 0 radical (unpaired) electrons. The summed E-state index contributed by atoms with van der Waals surface area (Å²) >= 11 is 12.5. The van der Waals surface area contributed by atoms with Crippen LogP contribution in [0.2, 0.25) is 10.0 Å². The maximum Gasteiger partial charge on any atom is 0.339 e. The summed E-state index contributed by atoms with van der Waals surface area (Å²) in [5, 5.41) is 0.471. The highest BCUT2D eigenvalue weighted by atomic mass is 35.5. The largest absolute Gasteiger partial charge is 0.377 e. The van der Waals surface area contributed by atoms with Crippen molar-refractivity contribution in [1.82, 2.24) is 4.90 Å². The van der Waals surface area contributed by atoms with Gasteiger partial charge in [-0.25, -0.2) is 0 Å². The first kappa shape index (κ1) is 27.9. The monoisotopic (exact) mass is 587 g/mol. The molecule has 1 heterocycles. The lowest BCUT2D eigenvalue weighted by Crippen LogP contribution is -2.43. The number of Topliss-reactive ketones (excluding diaryl/α,β-unsaturated/α-hetero) is 2. The second-order valence-corrected chi connectivity index (χ2v) is 14.7. The number of carbonyl (C=O) groups excluding carboxylic acids is 2. The molecule has 39 heavy (non-hydrogen) atoms. The van der Waals surface area contributed by atoms with E-state index in [0.29, 0.717) is 47.4 Å². The lowest BCUT2D eigenvalue weighted by atomic mass is 9.64. The van der Waals surface area contributed by atoms with Crippen LogP contribution in [-0.2, 0) is 19.7 Å². The molecule has 2 aromatic rings. The fourth-order valence-electron chi connectivity index (χ4n) is 6.03. The third-order valence-electron chi connectivity index (χ3n) is 7.77. The molecule has 0 atom stereocenters. The average Bonchev–Trinajstić information content (AvgIpc) is 2.81. The molecule has 0 spiro atoms. The lowest BCUT2D eigenvalue weighted by molar-refractivity contribution is -0.119. The molecule has 5 rings (SSSR count). The van der Waals surface area contributed by atoms with E-state index in [0.717, 1.165) is 11.4 Å². The van der Waals surface area contributed by atoms with Crippen LogP contribution in [-0.4, -0.2) is 31.9 Å². The molecule has 2 aromatic carbocycles. The molecule has 0 aromatic heterocycles. The SMILES string of the molecule is CN1C2=C(C(=O)CC(C)(C)C2)C(c2ccc(OS(=O)(=O)c3ccc(Cl)cc3)c(Cl)c2)C2=C1CC(C)(C)CC2=O. The van der Waals surface area contributed by atoms with Crippen molar-refractivity contribution in [3.63, 3.8) is 0 Å². The highest BCUT2D eigenvalue weighted by Crippen LogP contribution is 2.54. The first-order valence-electron chi connectivity index (χ1n) is 12.8. The fourth-order valence-corrected chi connectivity index (χ4v) is 7.38. The zero-order valence-corrected chi connectivity index (χ0v) is 24.9. The highest BCUT2D eigenvalue weighted by Gasteiger charge is 2.48. The molecular formula is C30H31Cl2NO5S. The van der Waals surface area contributed by atoms with E-state index in [1.54, 1.807) is 12.1 Å². The predicted molar refractivity (Wildman–Crippen MR) is 151 cm³/mol. The normalized spacial score (nSPS) is 21.2. The van der Waals surface area contributed by atoms with Crippen molar-refractivity contribution in [3.8, 4) is 5.75 Å². The molecule has 0 saturated carbocycles. The third kappa shape index (κ3) is 5.17. The topological polar surface area (TPSA) is 80.8 Å². The van der Waals surface area contributed by atoms with Gasteiger partial charge < -0.3 is 9.08 Å². The molecule has 6 nitrogen and oxygen atoms in total. The zero-order chi connectivity index (χ0) is 28.5. The van der Waals surface area contributed by atoms with Crippen LogP contribution in [0, 0.1) is 10.8 Å². The summed E-state index contributed by atoms with van der Waals surface area (Å²) in [5.74, 6) is -0.579. The molecule has 9 heteroatoms. The van der Waals surface area contributed by atoms with Crippen molar-refractivity contribution >= 4 is 44.9 Å². The van der Waals surface area contributed by atoms with Gasteiger partial charge in [0, 0.05) is 53.4 Å². The smallest absolute Gasteiger partial charge is 0.339 e. The Bertz CT molecular complexity index is 1510. The maximum atomic E-state index is 13.6. The molecule has 2 aliphatic carbocycles. The number of carbonyl (C=O) groups is 2. The van der Waals surface area contributed by atoms with Gasteiger partial charge in [0.25, 0.3) is 0 Å². The van der Waals surface area contributed by atoms with Crippen LogP contribution >= 0.6 is 23.2 Å². The Morgan fingerprint density at radius 2 is 1.33 bits per heavy atom. The fraction of sp³-hybridized carbons (Fsp3) is 0.400. The molecular weight excluding hydrogens is 557 g/mol. The summed E-state index contributed by atoms with van der Waals surface area (Å²) in [6.07, 6.45) is 2.18. The van der Waals surface area contributed by atoms with Crippen molar-refractivity contribution < 1.29 is 22.2 Å². The van der Waals surface area contributed by atoms with Crippen LogP contribution in [0.15, 0.2) is 69.9 Å². The van der Waals surface area contributed by atoms with Gasteiger partial charge in [0.05, 0.1) is 5.02 Å². The Kier molecular flexibility index (Phi) is 6.80. The summed E-state index contributed by atoms with van der Waals surface area (Å²) in [4.78, 5) is 29.3. The van der Waals surface area contributed by atoms with Crippen LogP contribution in [0.3, 0.4) is 0 Å². The Hall–Kier alpha value is -2.61. The van der Waals surface area contributed by atoms with E-state index in [1.165, 1.54) is 30.3 Å². The van der Waals surface area contributed by atoms with Gasteiger partial charge in [-0.15, -0.1) is 0 Å². The molecule has 0 saturated heterocycles. The Morgan fingerprint density at radius 1 is 0.821 bits per heavy atom. The van der Waals surface area contributed by atoms with Crippen molar-refractivity contribution in [1.29, 1.82) is 0 Å². The summed E-state index contributed by atoms with van der Waals surface area (Å²) in [6, 6.07) is 10.4. The minimum Gasteiger partial charge on any atom is -0.377 e. The number of benzene rings is 2. The average molecular weight is 589 g/mol. The van der Waals surface area contributed by atoms with Crippen LogP contribution in [0.5, 0.6) is 5.75 Å². The molecule has 3 aliphatic rings. The number of nitrogens with zero attached hydrogens (tertiary/aromatic N) is 1. The number of allylic oxidation sites excluding steroid dienone is 4. The minimum absolute atomic E-state index is 0.0176. The van der Waals surface area contributed by atoms with Gasteiger partial charge in [0.15, 0.2) is 17.3 Å². The molecule has 206 valence electrons. The Balaban J connectivity index is 1.60. The summed E-state index contributed by atoms with van der Waals surface area (Å²) in [5.41, 5.74) is 3.38. The quantitative estimate of drug-likeness (QED) is 0.355. The van der Waals surface area contributed by atoms with E-state index in [2.05, 4.69) is 32.6 Å². The van der Waals surface area contributed by atoms with Gasteiger partial charge >= 0.3 is 10.1 Å². The number of halogens is 2. The van der Waals surface area contributed by atoms with Crippen LogP contribution in [0.25, 0.3) is 0 Å². The van der Waals surface area contributed by atoms with Gasteiger partial charge in [0.1, 0.15) is 4.90 Å². The summed E-state index contributed by atoms with van der Waals surface area (Å²) < 4.78 is 31.0. The van der Waals surface area contributed by atoms with E-state index in [-0.39, 0.29) is 38.1 Å². The first-order valence-corrected chi connectivity index (χ1v) is 15.0. The van der Waals surface area contributed by atoms with Crippen molar-refractivity contribution in [2.75, 3.05) is 7.05 Å². The minimum atomic E-state index is -4.16. The van der Waals surface area contributed by atoms with Crippen LogP contribution < -0.4 is 4.18 Å².